The van der Waals surface area contributed by atoms with Crippen LogP contribution in [0, 0.1) is 0 Å². The van der Waals surface area contributed by atoms with E-state index >= 15 is 0 Å². The summed E-state index contributed by atoms with van der Waals surface area (Å²) in [5.41, 5.74) is 5.76. The van der Waals surface area contributed by atoms with E-state index in [1.54, 1.807) is 5.57 Å². The monoisotopic (exact) mass is 331 g/mol. The van der Waals surface area contributed by atoms with Crippen LogP contribution in [0.1, 0.15) is 43.7 Å². The maximum atomic E-state index is 2.61. The first-order valence-corrected chi connectivity index (χ1v) is 9.58. The summed E-state index contributed by atoms with van der Waals surface area (Å²) in [4.78, 5) is 2.61. The fourth-order valence-corrected chi connectivity index (χ4v) is 3.62. The molecular formula is C24H29N. The number of hydrogen-bond acceptors (Lipinski definition) is 1. The Morgan fingerprint density at radius 1 is 0.840 bits per heavy atom. The Morgan fingerprint density at radius 2 is 1.40 bits per heavy atom. The highest BCUT2D eigenvalue weighted by molar-refractivity contribution is 5.82. The van der Waals surface area contributed by atoms with Crippen molar-refractivity contribution in [2.45, 2.75) is 32.6 Å². The van der Waals surface area contributed by atoms with Crippen LogP contribution in [0.25, 0.3) is 5.57 Å². The SMILES string of the molecule is CCC=CCCN1CCC(=C(c2ccccc2)c2ccccc2)CC1. The summed E-state index contributed by atoms with van der Waals surface area (Å²) in [6, 6.07) is 21.8. The molecule has 1 nitrogen and oxygen atoms in total. The molecule has 2 aromatic carbocycles. The lowest BCUT2D eigenvalue weighted by Crippen LogP contribution is -2.31. The lowest BCUT2D eigenvalue weighted by atomic mass is 9.88. The molecule has 25 heavy (non-hydrogen) atoms. The van der Waals surface area contributed by atoms with Crippen molar-refractivity contribution in [1.82, 2.24) is 4.90 Å². The lowest BCUT2D eigenvalue weighted by Gasteiger charge is -2.30. The molecule has 1 fully saturated rings. The zero-order chi connectivity index (χ0) is 17.3. The molecule has 0 unspecified atom stereocenters. The Morgan fingerprint density at radius 3 is 1.92 bits per heavy atom. The fraction of sp³-hybridized carbons (Fsp3) is 0.333. The number of hydrogen-bond donors (Lipinski definition) is 0. The molecule has 1 saturated heterocycles. The number of nitrogens with zero attached hydrogens (tertiary/aromatic N) is 1. The van der Waals surface area contributed by atoms with Crippen molar-refractivity contribution in [3.8, 4) is 0 Å². The Kier molecular flexibility index (Phi) is 6.64. The van der Waals surface area contributed by atoms with Crippen LogP contribution in [0.4, 0.5) is 0 Å². The second-order valence-electron chi connectivity index (χ2n) is 6.72. The Bertz CT molecular complexity index is 646. The normalized spacial score (nSPS) is 15.6. The minimum absolute atomic E-state index is 1.14. The van der Waals surface area contributed by atoms with E-state index in [1.807, 2.05) is 0 Å². The number of likely N-dealkylation sites (tertiary alicyclic amines) is 1. The second-order valence-corrected chi connectivity index (χ2v) is 6.72. The maximum Gasteiger partial charge on any atom is 0.00192 e. The third-order valence-corrected chi connectivity index (χ3v) is 4.95. The molecular weight excluding hydrogens is 302 g/mol. The van der Waals surface area contributed by atoms with Gasteiger partial charge in [0.2, 0.25) is 0 Å². The quantitative estimate of drug-likeness (QED) is 0.592. The third-order valence-electron chi connectivity index (χ3n) is 4.95. The number of benzene rings is 2. The molecule has 0 atom stereocenters. The van der Waals surface area contributed by atoms with Crippen LogP contribution in [0.3, 0.4) is 0 Å². The largest absolute Gasteiger partial charge is 0.302 e. The first-order chi connectivity index (χ1) is 12.4. The van der Waals surface area contributed by atoms with Gasteiger partial charge in [0.1, 0.15) is 0 Å². The van der Waals surface area contributed by atoms with E-state index in [-0.39, 0.29) is 0 Å². The van der Waals surface area contributed by atoms with Crippen LogP contribution < -0.4 is 0 Å². The van der Waals surface area contributed by atoms with Gasteiger partial charge in [0.25, 0.3) is 0 Å². The van der Waals surface area contributed by atoms with Crippen molar-refractivity contribution < 1.29 is 0 Å². The molecule has 2 aromatic rings. The van der Waals surface area contributed by atoms with E-state index in [1.165, 1.54) is 55.6 Å². The van der Waals surface area contributed by atoms with Gasteiger partial charge in [-0.3, -0.25) is 0 Å². The third kappa shape index (κ3) is 4.93. The molecule has 0 aliphatic carbocycles. The molecule has 3 rings (SSSR count). The van der Waals surface area contributed by atoms with Gasteiger partial charge in [-0.1, -0.05) is 85.3 Å². The van der Waals surface area contributed by atoms with Crippen LogP contribution in [-0.2, 0) is 0 Å². The van der Waals surface area contributed by atoms with Crippen LogP contribution in [0.5, 0.6) is 0 Å². The average Bonchev–Trinajstić information content (AvgIpc) is 2.68. The van der Waals surface area contributed by atoms with Crippen LogP contribution >= 0.6 is 0 Å². The number of rotatable bonds is 6. The van der Waals surface area contributed by atoms with E-state index in [2.05, 4.69) is 84.6 Å². The van der Waals surface area contributed by atoms with Gasteiger partial charge in [0, 0.05) is 19.6 Å². The van der Waals surface area contributed by atoms with E-state index < -0.39 is 0 Å². The van der Waals surface area contributed by atoms with Crippen molar-refractivity contribution in [2.24, 2.45) is 0 Å². The van der Waals surface area contributed by atoms with Gasteiger partial charge in [0.05, 0.1) is 0 Å². The zero-order valence-corrected chi connectivity index (χ0v) is 15.3. The van der Waals surface area contributed by atoms with Crippen LogP contribution in [-0.4, -0.2) is 24.5 Å². The second kappa shape index (κ2) is 9.39. The van der Waals surface area contributed by atoms with Crippen molar-refractivity contribution in [3.05, 3.63) is 89.5 Å². The molecule has 0 radical (unpaired) electrons. The summed E-state index contributed by atoms with van der Waals surface area (Å²) in [6.45, 7) is 5.75. The van der Waals surface area contributed by atoms with E-state index in [9.17, 15) is 0 Å². The van der Waals surface area contributed by atoms with Gasteiger partial charge in [-0.05, 0) is 42.4 Å². The molecule has 1 aliphatic heterocycles. The molecule has 130 valence electrons. The topological polar surface area (TPSA) is 3.24 Å². The Hall–Kier alpha value is -2.12. The molecule has 1 heterocycles. The molecule has 0 amide bonds. The molecule has 0 saturated carbocycles. The highest BCUT2D eigenvalue weighted by Gasteiger charge is 2.18. The molecule has 0 spiro atoms. The summed E-state index contributed by atoms with van der Waals surface area (Å²) < 4.78 is 0. The fourth-order valence-electron chi connectivity index (χ4n) is 3.62. The van der Waals surface area contributed by atoms with Crippen LogP contribution in [0.2, 0.25) is 0 Å². The standard InChI is InChI=1S/C24H29N/c1-2-3-4-11-18-25-19-16-23(17-20-25)24(21-12-7-5-8-13-21)22-14-9-6-10-15-22/h3-10,12-15H,2,11,16-20H2,1H3. The smallest absolute Gasteiger partial charge is 0.00192 e. The first-order valence-electron chi connectivity index (χ1n) is 9.58. The summed E-state index contributed by atoms with van der Waals surface area (Å²) in [5.74, 6) is 0. The van der Waals surface area contributed by atoms with Gasteiger partial charge in [-0.25, -0.2) is 0 Å². The highest BCUT2D eigenvalue weighted by Crippen LogP contribution is 2.32. The molecule has 0 aromatic heterocycles. The molecule has 0 N–H and O–H groups in total. The molecule has 1 aliphatic rings. The van der Waals surface area contributed by atoms with Gasteiger partial charge < -0.3 is 4.90 Å². The van der Waals surface area contributed by atoms with E-state index in [0.717, 1.165) is 6.42 Å². The number of piperidine rings is 1. The highest BCUT2D eigenvalue weighted by atomic mass is 15.1. The van der Waals surface area contributed by atoms with E-state index in [0.29, 0.717) is 0 Å². The minimum atomic E-state index is 1.14. The summed E-state index contributed by atoms with van der Waals surface area (Å²) in [7, 11) is 0. The zero-order valence-electron chi connectivity index (χ0n) is 15.3. The summed E-state index contributed by atoms with van der Waals surface area (Å²) >= 11 is 0. The predicted molar refractivity (Wildman–Crippen MR) is 109 cm³/mol. The first kappa shape index (κ1) is 17.7. The Balaban J connectivity index is 1.77. The predicted octanol–water partition coefficient (Wildman–Crippen LogP) is 5.94. The summed E-state index contributed by atoms with van der Waals surface area (Å²) in [6.07, 6.45) is 9.28. The minimum Gasteiger partial charge on any atom is -0.302 e. The van der Waals surface area contributed by atoms with Gasteiger partial charge >= 0.3 is 0 Å². The van der Waals surface area contributed by atoms with Crippen molar-refractivity contribution >= 4 is 5.57 Å². The molecule has 1 heteroatoms. The van der Waals surface area contributed by atoms with Gasteiger partial charge in [-0.15, -0.1) is 0 Å². The average molecular weight is 332 g/mol. The van der Waals surface area contributed by atoms with Gasteiger partial charge in [0.15, 0.2) is 0 Å². The number of allylic oxidation sites excluding steroid dienone is 1. The van der Waals surface area contributed by atoms with Crippen molar-refractivity contribution in [2.75, 3.05) is 19.6 Å². The van der Waals surface area contributed by atoms with Crippen LogP contribution in [0.15, 0.2) is 78.4 Å². The van der Waals surface area contributed by atoms with Crippen molar-refractivity contribution in [1.29, 1.82) is 0 Å². The van der Waals surface area contributed by atoms with E-state index in [4.69, 9.17) is 0 Å². The maximum absolute atomic E-state index is 2.61. The Labute approximate surface area is 152 Å². The summed E-state index contributed by atoms with van der Waals surface area (Å²) in [5, 5.41) is 0. The lowest BCUT2D eigenvalue weighted by molar-refractivity contribution is 0.261. The van der Waals surface area contributed by atoms with Gasteiger partial charge in [-0.2, -0.15) is 0 Å². The van der Waals surface area contributed by atoms with Crippen molar-refractivity contribution in [3.63, 3.8) is 0 Å². The molecule has 0 bridgehead atoms.